The minimum Gasteiger partial charge on any atom is -0.544 e. The number of allylic oxidation sites excluding steroid dienone is 1. The van der Waals surface area contributed by atoms with Gasteiger partial charge >= 0.3 is 0 Å². The molecule has 140 valence electrons. The van der Waals surface area contributed by atoms with Gasteiger partial charge in [-0.05, 0) is 65.3 Å². The molecule has 0 amide bonds. The smallest absolute Gasteiger partial charge is 0.269 e. The van der Waals surface area contributed by atoms with Crippen LogP contribution in [-0.4, -0.2) is 23.2 Å². The third-order valence-electron chi connectivity index (χ3n) is 2.71. The molecule has 25 heavy (non-hydrogen) atoms. The van der Waals surface area contributed by atoms with Gasteiger partial charge in [-0.25, -0.2) is 0 Å². The van der Waals surface area contributed by atoms with Crippen molar-refractivity contribution in [1.29, 1.82) is 0 Å². The Labute approximate surface area is 159 Å². The monoisotopic (exact) mass is 396 g/mol. The Morgan fingerprint density at radius 1 is 0.960 bits per heavy atom. The van der Waals surface area contributed by atoms with Crippen molar-refractivity contribution in [3.05, 3.63) is 53.0 Å². The molecule has 0 aliphatic rings. The number of thioether (sulfide) groups is 1. The molecule has 0 aliphatic carbocycles. The first kappa shape index (κ1) is 21.9. The van der Waals surface area contributed by atoms with Crippen LogP contribution in [0.3, 0.4) is 0 Å². The first-order valence-corrected chi connectivity index (χ1v) is 16.3. The average molecular weight is 397 g/mol. The molecule has 0 saturated carbocycles. The summed E-state index contributed by atoms with van der Waals surface area (Å²) in [6, 6.07) is 8.47. The van der Waals surface area contributed by atoms with Crippen molar-refractivity contribution in [2.45, 2.75) is 58.0 Å². The highest BCUT2D eigenvalue weighted by atomic mass is 32.2. The normalized spacial score (nSPS) is 13.6. The predicted octanol–water partition coefficient (Wildman–Crippen LogP) is 6.51. The Kier molecular flexibility index (Phi) is 8.37. The van der Waals surface area contributed by atoms with Crippen LogP contribution in [0.2, 0.25) is 39.3 Å². The lowest BCUT2D eigenvalue weighted by Crippen LogP contribution is -2.27. The number of benzene rings is 1. The van der Waals surface area contributed by atoms with E-state index in [1.54, 1.807) is 11.8 Å². The van der Waals surface area contributed by atoms with Gasteiger partial charge in [0.25, 0.3) is 5.95 Å². The van der Waals surface area contributed by atoms with Crippen molar-refractivity contribution < 1.29 is 13.6 Å². The van der Waals surface area contributed by atoms with Crippen molar-refractivity contribution in [3.63, 3.8) is 0 Å². The van der Waals surface area contributed by atoms with E-state index in [-0.39, 0.29) is 0 Å². The van der Waals surface area contributed by atoms with Crippen LogP contribution in [0.15, 0.2) is 52.3 Å². The second kappa shape index (κ2) is 9.55. The molecule has 0 fully saturated rings. The lowest BCUT2D eigenvalue weighted by atomic mass is 10.2. The molecule has 6 heteroatoms. The molecule has 0 atom stereocenters. The van der Waals surface area contributed by atoms with E-state index in [4.69, 9.17) is 13.6 Å². The van der Waals surface area contributed by atoms with Gasteiger partial charge in [-0.2, -0.15) is 0 Å². The predicted molar refractivity (Wildman–Crippen MR) is 114 cm³/mol. The fraction of sp³-hybridized carbons (Fsp3) is 0.474. The molecule has 3 nitrogen and oxygen atoms in total. The molecule has 1 rings (SSSR count). The van der Waals surface area contributed by atoms with E-state index >= 15 is 0 Å². The first-order valence-electron chi connectivity index (χ1n) is 8.64. The molecule has 0 N–H and O–H groups in total. The van der Waals surface area contributed by atoms with Crippen LogP contribution in [0.4, 0.5) is 0 Å². The van der Waals surface area contributed by atoms with Crippen LogP contribution in [0.5, 0.6) is 0 Å². The van der Waals surface area contributed by atoms with Crippen LogP contribution in [-0.2, 0) is 13.6 Å². The number of hydrogen-bond donors (Lipinski definition) is 0. The summed E-state index contributed by atoms with van der Waals surface area (Å²) >= 11 is 1.65. The van der Waals surface area contributed by atoms with Gasteiger partial charge in [0, 0.05) is 10.3 Å². The largest absolute Gasteiger partial charge is 0.544 e. The van der Waals surface area contributed by atoms with E-state index in [9.17, 15) is 0 Å². The van der Waals surface area contributed by atoms with Crippen molar-refractivity contribution in [1.82, 2.24) is 0 Å². The molecule has 0 aromatic heterocycles. The van der Waals surface area contributed by atoms with E-state index < -0.39 is 16.6 Å². The zero-order valence-corrected chi connectivity index (χ0v) is 19.6. The van der Waals surface area contributed by atoms with Crippen LogP contribution in [0, 0.1) is 6.92 Å². The molecule has 1 aromatic rings. The number of ether oxygens (including phenoxy) is 1. The Morgan fingerprint density at radius 2 is 1.52 bits per heavy atom. The van der Waals surface area contributed by atoms with E-state index in [0.717, 1.165) is 5.76 Å². The van der Waals surface area contributed by atoms with Crippen LogP contribution >= 0.6 is 11.8 Å². The zero-order chi connectivity index (χ0) is 19.1. The van der Waals surface area contributed by atoms with Gasteiger partial charge < -0.3 is 13.6 Å². The van der Waals surface area contributed by atoms with E-state index in [1.165, 1.54) is 10.5 Å². The molecule has 0 heterocycles. The Morgan fingerprint density at radius 3 is 2.00 bits per heavy atom. The molecule has 0 radical (unpaired) electrons. The van der Waals surface area contributed by atoms with E-state index in [1.807, 2.05) is 18.4 Å². The third kappa shape index (κ3) is 10.5. The summed E-state index contributed by atoms with van der Waals surface area (Å²) in [6.07, 6.45) is 1.89. The lowest BCUT2D eigenvalue weighted by Gasteiger charge is -2.24. The average Bonchev–Trinajstić information content (AvgIpc) is 2.43. The minimum absolute atomic E-state index is 0.552. The summed E-state index contributed by atoms with van der Waals surface area (Å²) in [5.41, 5.74) is 1.26. The fourth-order valence-corrected chi connectivity index (χ4v) is 4.14. The Bertz CT molecular complexity index is 597. The summed E-state index contributed by atoms with van der Waals surface area (Å²) in [5.74, 6) is 1.35. The van der Waals surface area contributed by atoms with E-state index in [2.05, 4.69) is 70.5 Å². The van der Waals surface area contributed by atoms with Crippen molar-refractivity contribution in [2.75, 3.05) is 6.61 Å². The van der Waals surface area contributed by atoms with Gasteiger partial charge in [-0.1, -0.05) is 29.5 Å². The summed E-state index contributed by atoms with van der Waals surface area (Å²) in [4.78, 5) is 1.18. The molecular formula is C19H32O3SSi2. The van der Waals surface area contributed by atoms with Crippen LogP contribution < -0.4 is 0 Å². The molecule has 1 aromatic carbocycles. The standard InChI is InChI=1S/C19H32O3SSi2/c1-9-20-19(22-25(6,7)8)14-17(21-24(3,4)5)15-23-18-12-10-16(2)11-13-18/h10-15H,9H2,1-8H3. The van der Waals surface area contributed by atoms with E-state index in [0.29, 0.717) is 12.6 Å². The quantitative estimate of drug-likeness (QED) is 0.206. The maximum atomic E-state index is 6.23. The summed E-state index contributed by atoms with van der Waals surface area (Å²) in [6.45, 7) is 17.6. The van der Waals surface area contributed by atoms with Gasteiger partial charge in [0.2, 0.25) is 16.6 Å². The molecule has 0 unspecified atom stereocenters. The van der Waals surface area contributed by atoms with Gasteiger partial charge in [-0.15, -0.1) is 0 Å². The van der Waals surface area contributed by atoms with Crippen molar-refractivity contribution in [3.8, 4) is 0 Å². The second-order valence-electron chi connectivity index (χ2n) is 7.78. The highest BCUT2D eigenvalue weighted by Gasteiger charge is 2.21. The number of hydrogen-bond acceptors (Lipinski definition) is 4. The molecule has 0 spiro atoms. The van der Waals surface area contributed by atoms with Crippen molar-refractivity contribution >= 4 is 28.4 Å². The van der Waals surface area contributed by atoms with Gasteiger partial charge in [0.1, 0.15) is 5.76 Å². The number of aryl methyl sites for hydroxylation is 1. The molecule has 0 saturated heterocycles. The highest BCUT2D eigenvalue weighted by Crippen LogP contribution is 2.25. The maximum Gasteiger partial charge on any atom is 0.269 e. The van der Waals surface area contributed by atoms with Gasteiger partial charge in [-0.3, -0.25) is 0 Å². The van der Waals surface area contributed by atoms with Crippen LogP contribution in [0.1, 0.15) is 12.5 Å². The van der Waals surface area contributed by atoms with Crippen molar-refractivity contribution in [2.24, 2.45) is 0 Å². The van der Waals surface area contributed by atoms with Gasteiger partial charge in [0.05, 0.1) is 12.7 Å². The molecule has 0 bridgehead atoms. The molecule has 0 aliphatic heterocycles. The summed E-state index contributed by atoms with van der Waals surface area (Å²) in [7, 11) is -3.49. The lowest BCUT2D eigenvalue weighted by molar-refractivity contribution is 0.111. The topological polar surface area (TPSA) is 27.7 Å². The SMILES string of the molecule is CCOC(=CC(=CSc1ccc(C)cc1)O[Si](C)(C)C)O[Si](C)(C)C. The Balaban J connectivity index is 3.05. The summed E-state index contributed by atoms with van der Waals surface area (Å²) < 4.78 is 18.0. The van der Waals surface area contributed by atoms with Gasteiger partial charge in [0.15, 0.2) is 0 Å². The third-order valence-corrected chi connectivity index (χ3v) is 5.27. The molecular weight excluding hydrogens is 364 g/mol. The first-order chi connectivity index (χ1) is 11.5. The highest BCUT2D eigenvalue weighted by molar-refractivity contribution is 8.02. The second-order valence-corrected chi connectivity index (χ2v) is 17.6. The minimum atomic E-state index is -1.75. The summed E-state index contributed by atoms with van der Waals surface area (Å²) in [5, 5.41) is 2.04. The Hall–Kier alpha value is -1.12. The zero-order valence-electron chi connectivity index (χ0n) is 16.8. The van der Waals surface area contributed by atoms with Crippen LogP contribution in [0.25, 0.3) is 0 Å². The fourth-order valence-electron chi connectivity index (χ4n) is 1.84. The maximum absolute atomic E-state index is 6.23. The number of rotatable bonds is 9.